The molecule has 0 N–H and O–H groups in total. The zero-order valence-corrected chi connectivity index (χ0v) is 11.4. The molecule has 2 nitrogen and oxygen atoms in total. The summed E-state index contributed by atoms with van der Waals surface area (Å²) in [5.74, 6) is 3.21. The lowest BCUT2D eigenvalue weighted by Gasteiger charge is -2.16. The highest BCUT2D eigenvalue weighted by molar-refractivity contribution is 7.99. The summed E-state index contributed by atoms with van der Waals surface area (Å²) in [6, 6.07) is 0. The molecule has 1 atom stereocenters. The molecule has 0 aromatic rings. The molecule has 0 fully saturated rings. The van der Waals surface area contributed by atoms with Crippen LogP contribution in [0.1, 0.15) is 40.5 Å². The summed E-state index contributed by atoms with van der Waals surface area (Å²) in [4.78, 5) is 0. The number of hydrogen-bond donors (Lipinski definition) is 0. The van der Waals surface area contributed by atoms with Crippen LogP contribution in [-0.4, -0.2) is 31.0 Å². The van der Waals surface area contributed by atoms with Gasteiger partial charge in [0.15, 0.2) is 6.29 Å². The van der Waals surface area contributed by atoms with Crippen molar-refractivity contribution in [2.24, 2.45) is 5.92 Å². The fraction of sp³-hybridized carbons (Fsp3) is 1.00. The predicted octanol–water partition coefficient (Wildman–Crippen LogP) is 3.55. The lowest BCUT2D eigenvalue weighted by molar-refractivity contribution is -0.136. The maximum absolute atomic E-state index is 5.48. The van der Waals surface area contributed by atoms with E-state index in [1.54, 1.807) is 0 Å². The quantitative estimate of drug-likeness (QED) is 0.425. The molecule has 0 saturated carbocycles. The molecule has 0 radical (unpaired) electrons. The summed E-state index contributed by atoms with van der Waals surface area (Å²) in [7, 11) is 0. The van der Waals surface area contributed by atoms with Crippen LogP contribution in [0, 0.1) is 5.92 Å². The van der Waals surface area contributed by atoms with Crippen molar-refractivity contribution < 1.29 is 9.47 Å². The van der Waals surface area contributed by atoms with Crippen molar-refractivity contribution >= 4 is 11.8 Å². The second-order valence-corrected chi connectivity index (χ2v) is 4.87. The highest BCUT2D eigenvalue weighted by Gasteiger charge is 2.07. The first-order valence-electron chi connectivity index (χ1n) is 6.05. The summed E-state index contributed by atoms with van der Waals surface area (Å²) in [6.07, 6.45) is 2.28. The van der Waals surface area contributed by atoms with E-state index in [4.69, 9.17) is 9.47 Å². The number of ether oxygens (including phenoxy) is 2. The van der Waals surface area contributed by atoms with Gasteiger partial charge in [-0.25, -0.2) is 0 Å². The van der Waals surface area contributed by atoms with E-state index in [-0.39, 0.29) is 6.29 Å². The smallest absolute Gasteiger partial charge is 0.158 e. The van der Waals surface area contributed by atoms with Crippen LogP contribution in [0.3, 0.4) is 0 Å². The van der Waals surface area contributed by atoms with Crippen molar-refractivity contribution in [2.45, 2.75) is 46.8 Å². The molecule has 0 rings (SSSR count). The Morgan fingerprint density at radius 3 is 2.13 bits per heavy atom. The van der Waals surface area contributed by atoms with Gasteiger partial charge in [-0.05, 0) is 31.3 Å². The fourth-order valence-electron chi connectivity index (χ4n) is 1.17. The summed E-state index contributed by atoms with van der Waals surface area (Å²) in [5.41, 5.74) is 0. The van der Waals surface area contributed by atoms with Crippen LogP contribution < -0.4 is 0 Å². The molecule has 92 valence electrons. The van der Waals surface area contributed by atoms with Crippen molar-refractivity contribution in [1.29, 1.82) is 0 Å². The Bertz CT molecular complexity index is 125. The van der Waals surface area contributed by atoms with Crippen LogP contribution in [0.4, 0.5) is 0 Å². The molecule has 3 heteroatoms. The van der Waals surface area contributed by atoms with Crippen LogP contribution in [0.2, 0.25) is 0 Å². The number of hydrogen-bond acceptors (Lipinski definition) is 3. The van der Waals surface area contributed by atoms with Gasteiger partial charge in [-0.3, -0.25) is 0 Å². The molecular weight excluding hydrogens is 208 g/mol. The van der Waals surface area contributed by atoms with Crippen LogP contribution in [-0.2, 0) is 9.47 Å². The monoisotopic (exact) mass is 234 g/mol. The highest BCUT2D eigenvalue weighted by Crippen LogP contribution is 2.14. The summed E-state index contributed by atoms with van der Waals surface area (Å²) < 4.78 is 11.0. The van der Waals surface area contributed by atoms with Crippen LogP contribution >= 0.6 is 11.8 Å². The molecule has 15 heavy (non-hydrogen) atoms. The van der Waals surface area contributed by atoms with Crippen molar-refractivity contribution in [2.75, 3.05) is 24.7 Å². The zero-order valence-electron chi connectivity index (χ0n) is 10.6. The van der Waals surface area contributed by atoms with Gasteiger partial charge < -0.3 is 9.47 Å². The molecule has 0 aliphatic carbocycles. The van der Waals surface area contributed by atoms with E-state index in [9.17, 15) is 0 Å². The first-order valence-corrected chi connectivity index (χ1v) is 7.20. The molecule has 0 bridgehead atoms. The van der Waals surface area contributed by atoms with Crippen LogP contribution in [0.25, 0.3) is 0 Å². The minimum absolute atomic E-state index is 0.00410. The standard InChI is InChI=1S/C12H26O2S/c1-5-11(4)10-15-9-8-12(13-6-2)14-7-3/h11-12H,5-10H2,1-4H3. The predicted molar refractivity (Wildman–Crippen MR) is 68.4 cm³/mol. The Labute approximate surface area is 99.1 Å². The highest BCUT2D eigenvalue weighted by atomic mass is 32.2. The van der Waals surface area contributed by atoms with E-state index in [0.717, 1.165) is 31.3 Å². The minimum atomic E-state index is 0.00410. The molecule has 0 aromatic carbocycles. The van der Waals surface area contributed by atoms with E-state index in [2.05, 4.69) is 13.8 Å². The summed E-state index contributed by atoms with van der Waals surface area (Å²) in [6.45, 7) is 10.0. The Morgan fingerprint density at radius 1 is 1.07 bits per heavy atom. The van der Waals surface area contributed by atoms with Gasteiger partial charge in [0.2, 0.25) is 0 Å². The lowest BCUT2D eigenvalue weighted by Crippen LogP contribution is -2.18. The van der Waals surface area contributed by atoms with E-state index in [1.807, 2.05) is 25.6 Å². The molecule has 1 unspecified atom stereocenters. The number of thioether (sulfide) groups is 1. The van der Waals surface area contributed by atoms with Gasteiger partial charge in [0.25, 0.3) is 0 Å². The molecular formula is C12H26O2S. The minimum Gasteiger partial charge on any atom is -0.353 e. The van der Waals surface area contributed by atoms with Gasteiger partial charge in [0, 0.05) is 19.6 Å². The first-order chi connectivity index (χ1) is 7.24. The van der Waals surface area contributed by atoms with Crippen molar-refractivity contribution in [1.82, 2.24) is 0 Å². The molecule has 0 aliphatic heterocycles. The Balaban J connectivity index is 3.43. The van der Waals surface area contributed by atoms with Crippen molar-refractivity contribution in [3.8, 4) is 0 Å². The van der Waals surface area contributed by atoms with E-state index in [0.29, 0.717) is 0 Å². The Morgan fingerprint density at radius 2 is 1.67 bits per heavy atom. The lowest BCUT2D eigenvalue weighted by atomic mass is 10.2. The molecule has 0 amide bonds. The first kappa shape index (κ1) is 15.3. The van der Waals surface area contributed by atoms with E-state index >= 15 is 0 Å². The van der Waals surface area contributed by atoms with Crippen molar-refractivity contribution in [3.63, 3.8) is 0 Å². The second kappa shape index (κ2) is 10.8. The average molecular weight is 234 g/mol. The second-order valence-electron chi connectivity index (χ2n) is 3.72. The molecule has 0 saturated heterocycles. The van der Waals surface area contributed by atoms with E-state index in [1.165, 1.54) is 12.2 Å². The Hall–Kier alpha value is 0.270. The molecule has 0 aromatic heterocycles. The van der Waals surface area contributed by atoms with Crippen LogP contribution in [0.5, 0.6) is 0 Å². The largest absolute Gasteiger partial charge is 0.353 e. The maximum Gasteiger partial charge on any atom is 0.158 e. The molecule has 0 heterocycles. The van der Waals surface area contributed by atoms with Crippen molar-refractivity contribution in [3.05, 3.63) is 0 Å². The average Bonchev–Trinajstić information content (AvgIpc) is 2.24. The SMILES string of the molecule is CCOC(CCSCC(C)CC)OCC. The maximum atomic E-state index is 5.48. The van der Waals surface area contributed by atoms with Gasteiger partial charge in [-0.1, -0.05) is 20.3 Å². The third-order valence-corrected chi connectivity index (χ3v) is 3.63. The normalized spacial score (nSPS) is 13.4. The molecule has 0 spiro atoms. The number of rotatable bonds is 10. The van der Waals surface area contributed by atoms with Gasteiger partial charge >= 0.3 is 0 Å². The zero-order chi connectivity index (χ0) is 11.5. The third kappa shape index (κ3) is 9.21. The molecule has 0 aliphatic rings. The van der Waals surface area contributed by atoms with Gasteiger partial charge in [-0.2, -0.15) is 11.8 Å². The summed E-state index contributed by atoms with van der Waals surface area (Å²) >= 11 is 2.01. The van der Waals surface area contributed by atoms with E-state index < -0.39 is 0 Å². The summed E-state index contributed by atoms with van der Waals surface area (Å²) in [5, 5.41) is 0. The van der Waals surface area contributed by atoms with Gasteiger partial charge in [0.1, 0.15) is 0 Å². The third-order valence-electron chi connectivity index (χ3n) is 2.30. The van der Waals surface area contributed by atoms with Gasteiger partial charge in [-0.15, -0.1) is 0 Å². The fourth-order valence-corrected chi connectivity index (χ4v) is 2.33. The topological polar surface area (TPSA) is 18.5 Å². The van der Waals surface area contributed by atoms with Crippen LogP contribution in [0.15, 0.2) is 0 Å². The van der Waals surface area contributed by atoms with Gasteiger partial charge in [0.05, 0.1) is 0 Å². The Kier molecular flexibility index (Phi) is 11.0.